The van der Waals surface area contributed by atoms with Crippen LogP contribution in [0, 0.1) is 0 Å². The zero-order chi connectivity index (χ0) is 10.0. The van der Waals surface area contributed by atoms with E-state index in [1.54, 1.807) is 0 Å². The maximum Gasteiger partial charge on any atom is 0.188 e. The first-order chi connectivity index (χ1) is 6.02. The Hall–Kier alpha value is -0.870. The van der Waals surface area contributed by atoms with E-state index in [1.165, 1.54) is 12.1 Å². The van der Waals surface area contributed by atoms with E-state index in [1.807, 2.05) is 0 Å². The number of benzene rings is 1. The molecule has 6 N–H and O–H groups in total. The third-order valence-corrected chi connectivity index (χ3v) is 2.36. The van der Waals surface area contributed by atoms with Gasteiger partial charge in [-0.15, -0.1) is 0 Å². The smallest absolute Gasteiger partial charge is 0.188 e. The van der Waals surface area contributed by atoms with Gasteiger partial charge in [-0.25, -0.2) is 0 Å². The standard InChI is InChI=1S/C7H10NO4P/c8-7(13(11)12)5-2-1-4(9)3-6(5)10/h1-3,7,9-12H,8H2. The van der Waals surface area contributed by atoms with Crippen molar-refractivity contribution in [3.8, 4) is 11.5 Å². The van der Waals surface area contributed by atoms with Crippen LogP contribution in [0.4, 0.5) is 0 Å². The van der Waals surface area contributed by atoms with E-state index in [4.69, 9.17) is 20.6 Å². The molecule has 0 heterocycles. The molecule has 0 aromatic heterocycles. The lowest BCUT2D eigenvalue weighted by molar-refractivity contribution is 0.437. The number of hydrogen-bond acceptors (Lipinski definition) is 5. The average Bonchev–Trinajstić information content (AvgIpc) is 2.03. The van der Waals surface area contributed by atoms with E-state index >= 15 is 0 Å². The van der Waals surface area contributed by atoms with Crippen LogP contribution in [0.5, 0.6) is 11.5 Å². The summed E-state index contributed by atoms with van der Waals surface area (Å²) < 4.78 is 0. The highest BCUT2D eigenvalue weighted by Crippen LogP contribution is 2.43. The van der Waals surface area contributed by atoms with E-state index < -0.39 is 14.2 Å². The van der Waals surface area contributed by atoms with Crippen molar-refractivity contribution in [1.29, 1.82) is 0 Å². The summed E-state index contributed by atoms with van der Waals surface area (Å²) >= 11 is 0. The van der Waals surface area contributed by atoms with Crippen molar-refractivity contribution in [2.45, 2.75) is 5.78 Å². The molecule has 1 atom stereocenters. The predicted molar refractivity (Wildman–Crippen MR) is 48.1 cm³/mol. The lowest BCUT2D eigenvalue weighted by Crippen LogP contribution is -2.07. The molecular weight excluding hydrogens is 193 g/mol. The number of hydrogen-bond donors (Lipinski definition) is 5. The first kappa shape index (κ1) is 10.2. The zero-order valence-corrected chi connectivity index (χ0v) is 7.52. The minimum absolute atomic E-state index is 0.103. The Morgan fingerprint density at radius 3 is 2.31 bits per heavy atom. The maximum atomic E-state index is 9.26. The van der Waals surface area contributed by atoms with Crippen molar-refractivity contribution < 1.29 is 20.0 Å². The molecule has 0 amide bonds. The molecule has 1 rings (SSSR count). The quantitative estimate of drug-likeness (QED) is 0.446. The fraction of sp³-hybridized carbons (Fsp3) is 0.143. The van der Waals surface area contributed by atoms with Gasteiger partial charge in [-0.05, 0) is 12.1 Å². The zero-order valence-electron chi connectivity index (χ0n) is 6.62. The summed E-state index contributed by atoms with van der Waals surface area (Å²) in [5.41, 5.74) is 5.58. The largest absolute Gasteiger partial charge is 0.508 e. The minimum atomic E-state index is -2.33. The van der Waals surface area contributed by atoms with E-state index in [-0.39, 0.29) is 17.1 Å². The van der Waals surface area contributed by atoms with Gasteiger partial charge in [0.1, 0.15) is 17.3 Å². The van der Waals surface area contributed by atoms with Crippen LogP contribution in [0.3, 0.4) is 0 Å². The van der Waals surface area contributed by atoms with Gasteiger partial charge in [0.15, 0.2) is 8.38 Å². The first-order valence-electron chi connectivity index (χ1n) is 3.47. The van der Waals surface area contributed by atoms with E-state index in [2.05, 4.69) is 0 Å². The summed E-state index contributed by atoms with van der Waals surface area (Å²) in [5.74, 6) is -1.37. The molecule has 0 fully saturated rings. The van der Waals surface area contributed by atoms with Gasteiger partial charge < -0.3 is 25.7 Å². The molecule has 13 heavy (non-hydrogen) atoms. The number of nitrogens with two attached hydrogens (primary N) is 1. The van der Waals surface area contributed by atoms with Gasteiger partial charge in [-0.1, -0.05) is 0 Å². The number of aromatic hydroxyl groups is 2. The predicted octanol–water partition coefficient (Wildman–Crippen LogP) is 0.352. The van der Waals surface area contributed by atoms with Crippen LogP contribution >= 0.6 is 8.38 Å². The monoisotopic (exact) mass is 203 g/mol. The second-order valence-corrected chi connectivity index (χ2v) is 3.71. The molecule has 6 heteroatoms. The van der Waals surface area contributed by atoms with Crippen LogP contribution < -0.4 is 5.73 Å². The van der Waals surface area contributed by atoms with Crippen molar-refractivity contribution in [2.24, 2.45) is 5.73 Å². The van der Waals surface area contributed by atoms with Crippen molar-refractivity contribution >= 4 is 8.38 Å². The molecule has 0 aliphatic heterocycles. The fourth-order valence-corrected chi connectivity index (χ4v) is 1.37. The Balaban J connectivity index is 3.01. The second kappa shape index (κ2) is 3.89. The fourth-order valence-electron chi connectivity index (χ4n) is 0.907. The van der Waals surface area contributed by atoms with Crippen molar-refractivity contribution in [2.75, 3.05) is 0 Å². The van der Waals surface area contributed by atoms with Crippen molar-refractivity contribution in [3.63, 3.8) is 0 Å². The molecule has 72 valence electrons. The highest BCUT2D eigenvalue weighted by Gasteiger charge is 2.18. The maximum absolute atomic E-state index is 9.26. The molecule has 0 bridgehead atoms. The number of rotatable bonds is 2. The summed E-state index contributed by atoms with van der Waals surface area (Å²) in [5, 5.41) is 18.2. The van der Waals surface area contributed by atoms with Gasteiger partial charge in [-0.2, -0.15) is 0 Å². The van der Waals surface area contributed by atoms with Crippen molar-refractivity contribution in [3.05, 3.63) is 23.8 Å². The molecule has 0 spiro atoms. The van der Waals surface area contributed by atoms with Crippen molar-refractivity contribution in [1.82, 2.24) is 0 Å². The first-order valence-corrected chi connectivity index (χ1v) is 4.78. The third kappa shape index (κ3) is 2.29. The van der Waals surface area contributed by atoms with Gasteiger partial charge >= 0.3 is 0 Å². The summed E-state index contributed by atoms with van der Waals surface area (Å²) in [7, 11) is -2.33. The van der Waals surface area contributed by atoms with Crippen LogP contribution in [0.25, 0.3) is 0 Å². The summed E-state index contributed by atoms with van der Waals surface area (Å²) in [6, 6.07) is 3.75. The number of phenolic OH excluding ortho intramolecular Hbond substituents is 2. The van der Waals surface area contributed by atoms with Gasteiger partial charge in [0.25, 0.3) is 0 Å². The molecule has 0 saturated carbocycles. The molecule has 1 aromatic rings. The van der Waals surface area contributed by atoms with Crippen LogP contribution in [0.1, 0.15) is 11.3 Å². The molecule has 0 saturated heterocycles. The molecular formula is C7H10NO4P. The molecule has 0 aliphatic carbocycles. The van der Waals surface area contributed by atoms with Crippen LogP contribution in [0.15, 0.2) is 18.2 Å². The van der Waals surface area contributed by atoms with Crippen LogP contribution in [-0.2, 0) is 0 Å². The molecule has 0 radical (unpaired) electrons. The second-order valence-electron chi connectivity index (χ2n) is 2.51. The normalized spacial score (nSPS) is 13.2. The lowest BCUT2D eigenvalue weighted by atomic mass is 10.2. The molecule has 5 nitrogen and oxygen atoms in total. The van der Waals surface area contributed by atoms with Gasteiger partial charge in [0.05, 0.1) is 0 Å². The average molecular weight is 203 g/mol. The lowest BCUT2D eigenvalue weighted by Gasteiger charge is -2.14. The minimum Gasteiger partial charge on any atom is -0.508 e. The highest BCUT2D eigenvalue weighted by atomic mass is 31.2. The molecule has 1 aromatic carbocycles. The molecule has 1 unspecified atom stereocenters. The van der Waals surface area contributed by atoms with Gasteiger partial charge in [0, 0.05) is 11.6 Å². The van der Waals surface area contributed by atoms with E-state index in [0.29, 0.717) is 0 Å². The van der Waals surface area contributed by atoms with Gasteiger partial charge in [-0.3, -0.25) is 0 Å². The van der Waals surface area contributed by atoms with E-state index in [0.717, 1.165) is 6.07 Å². The Kier molecular flexibility index (Phi) is 3.06. The Morgan fingerprint density at radius 2 is 1.85 bits per heavy atom. The van der Waals surface area contributed by atoms with E-state index in [9.17, 15) is 5.11 Å². The Labute approximate surface area is 76.0 Å². The number of phenols is 2. The summed E-state index contributed by atoms with van der Waals surface area (Å²) in [6.45, 7) is 0. The third-order valence-electron chi connectivity index (χ3n) is 1.58. The SMILES string of the molecule is NC(c1ccc(O)cc1O)P(O)O. The topological polar surface area (TPSA) is 107 Å². The summed E-state index contributed by atoms with van der Waals surface area (Å²) in [6.07, 6.45) is 0. The Bertz CT molecular complexity index is 305. The van der Waals surface area contributed by atoms with Crippen LogP contribution in [0.2, 0.25) is 0 Å². The van der Waals surface area contributed by atoms with Crippen LogP contribution in [-0.4, -0.2) is 20.0 Å². The summed E-state index contributed by atoms with van der Waals surface area (Å²) in [4.78, 5) is 17.6. The highest BCUT2D eigenvalue weighted by molar-refractivity contribution is 7.45. The van der Waals surface area contributed by atoms with Gasteiger partial charge in [0.2, 0.25) is 0 Å². The molecule has 0 aliphatic rings. The Morgan fingerprint density at radius 1 is 1.23 bits per heavy atom.